The summed E-state index contributed by atoms with van der Waals surface area (Å²) in [6.45, 7) is 8.81. The van der Waals surface area contributed by atoms with Gasteiger partial charge >= 0.3 is 0 Å². The highest BCUT2D eigenvalue weighted by atomic mass is 16.5. The lowest BCUT2D eigenvalue weighted by atomic mass is 10.1. The standard InChI is InChI=1S/C31H34N4O3/c1-5-38-26-16-11-15-25(18-26)35-20-28(24-13-7-6-8-14-24)32-31(35)33-29(36)21-34(19-22(2)3)30(37)27-17-10-9-12-23(27)4/h6-18,20,22H,5,19,21H2,1-4H3,(H,32,33,36). The second kappa shape index (κ2) is 12.2. The zero-order chi connectivity index (χ0) is 27.1. The van der Waals surface area contributed by atoms with Crippen LogP contribution in [0.2, 0.25) is 0 Å². The van der Waals surface area contributed by atoms with Crippen molar-refractivity contribution in [1.82, 2.24) is 14.5 Å². The predicted molar refractivity (Wildman–Crippen MR) is 151 cm³/mol. The largest absolute Gasteiger partial charge is 0.494 e. The van der Waals surface area contributed by atoms with E-state index in [4.69, 9.17) is 9.72 Å². The van der Waals surface area contributed by atoms with Gasteiger partial charge in [-0.1, -0.05) is 68.4 Å². The quantitative estimate of drug-likeness (QED) is 0.285. The second-order valence-electron chi connectivity index (χ2n) is 9.56. The average molecular weight is 511 g/mol. The van der Waals surface area contributed by atoms with Gasteiger partial charge in [0.1, 0.15) is 12.3 Å². The minimum absolute atomic E-state index is 0.0855. The minimum Gasteiger partial charge on any atom is -0.494 e. The molecule has 2 amide bonds. The monoisotopic (exact) mass is 510 g/mol. The van der Waals surface area contributed by atoms with Crippen molar-refractivity contribution in [2.24, 2.45) is 5.92 Å². The Hall–Kier alpha value is -4.39. The van der Waals surface area contributed by atoms with Gasteiger partial charge in [0.2, 0.25) is 11.9 Å². The van der Waals surface area contributed by atoms with E-state index >= 15 is 0 Å². The van der Waals surface area contributed by atoms with Gasteiger partial charge in [-0.3, -0.25) is 19.5 Å². The third-order valence-corrected chi connectivity index (χ3v) is 6.02. The molecule has 0 atom stereocenters. The van der Waals surface area contributed by atoms with Crippen LogP contribution in [0.4, 0.5) is 5.95 Å². The highest BCUT2D eigenvalue weighted by Gasteiger charge is 2.22. The first kappa shape index (κ1) is 26.7. The van der Waals surface area contributed by atoms with Crippen LogP contribution < -0.4 is 10.1 Å². The lowest BCUT2D eigenvalue weighted by molar-refractivity contribution is -0.117. The van der Waals surface area contributed by atoms with E-state index in [0.717, 1.165) is 28.3 Å². The van der Waals surface area contributed by atoms with E-state index in [-0.39, 0.29) is 24.3 Å². The number of anilines is 1. The third-order valence-electron chi connectivity index (χ3n) is 6.02. The number of aromatic nitrogens is 2. The smallest absolute Gasteiger partial charge is 0.254 e. The molecular weight excluding hydrogens is 476 g/mol. The first-order valence-electron chi connectivity index (χ1n) is 12.9. The molecule has 0 spiro atoms. The van der Waals surface area contributed by atoms with Crippen molar-refractivity contribution in [2.75, 3.05) is 25.0 Å². The molecule has 1 aromatic heterocycles. The maximum Gasteiger partial charge on any atom is 0.254 e. The van der Waals surface area contributed by atoms with Gasteiger partial charge < -0.3 is 9.64 Å². The molecule has 196 valence electrons. The Morgan fingerprint density at radius 2 is 1.74 bits per heavy atom. The third kappa shape index (κ3) is 6.48. The van der Waals surface area contributed by atoms with Crippen LogP contribution in [0.3, 0.4) is 0 Å². The summed E-state index contributed by atoms with van der Waals surface area (Å²) in [7, 11) is 0. The van der Waals surface area contributed by atoms with Crippen LogP contribution in [-0.4, -0.2) is 46.0 Å². The summed E-state index contributed by atoms with van der Waals surface area (Å²) in [5.41, 5.74) is 3.93. The van der Waals surface area contributed by atoms with E-state index in [2.05, 4.69) is 5.32 Å². The Kier molecular flexibility index (Phi) is 8.58. The molecule has 0 aliphatic carbocycles. The molecule has 38 heavy (non-hydrogen) atoms. The molecule has 3 aromatic carbocycles. The Labute approximate surface area is 224 Å². The highest BCUT2D eigenvalue weighted by Crippen LogP contribution is 2.26. The number of benzene rings is 3. The van der Waals surface area contributed by atoms with E-state index in [1.807, 2.05) is 111 Å². The summed E-state index contributed by atoms with van der Waals surface area (Å²) in [4.78, 5) is 33.1. The fraction of sp³-hybridized carbons (Fsp3) is 0.258. The molecule has 4 aromatic rings. The maximum atomic E-state index is 13.4. The number of nitrogens with zero attached hydrogens (tertiary/aromatic N) is 3. The summed E-state index contributed by atoms with van der Waals surface area (Å²) in [5, 5.41) is 2.95. The van der Waals surface area contributed by atoms with E-state index < -0.39 is 0 Å². The first-order valence-corrected chi connectivity index (χ1v) is 12.9. The Bertz CT molecular complexity index is 1400. The maximum absolute atomic E-state index is 13.4. The zero-order valence-electron chi connectivity index (χ0n) is 22.3. The van der Waals surface area contributed by atoms with Gasteiger partial charge in [-0.25, -0.2) is 4.98 Å². The fourth-order valence-electron chi connectivity index (χ4n) is 4.28. The van der Waals surface area contributed by atoms with Crippen molar-refractivity contribution in [1.29, 1.82) is 0 Å². The molecule has 0 fully saturated rings. The van der Waals surface area contributed by atoms with Gasteiger partial charge in [0.05, 0.1) is 18.0 Å². The van der Waals surface area contributed by atoms with Crippen LogP contribution in [0.1, 0.15) is 36.7 Å². The van der Waals surface area contributed by atoms with Crippen LogP contribution in [0.25, 0.3) is 16.9 Å². The molecule has 1 N–H and O–H groups in total. The molecule has 7 nitrogen and oxygen atoms in total. The summed E-state index contributed by atoms with van der Waals surface area (Å²) in [6.07, 6.45) is 1.89. The Morgan fingerprint density at radius 3 is 2.45 bits per heavy atom. The highest BCUT2D eigenvalue weighted by molar-refractivity contribution is 6.00. The van der Waals surface area contributed by atoms with E-state index in [1.54, 1.807) is 11.0 Å². The number of carbonyl (C=O) groups excluding carboxylic acids is 2. The van der Waals surface area contributed by atoms with Crippen molar-refractivity contribution in [2.45, 2.75) is 27.7 Å². The Morgan fingerprint density at radius 1 is 1.00 bits per heavy atom. The summed E-state index contributed by atoms with van der Waals surface area (Å²) < 4.78 is 7.51. The summed E-state index contributed by atoms with van der Waals surface area (Å²) in [5.74, 6) is 0.813. The number of amides is 2. The molecule has 7 heteroatoms. The first-order chi connectivity index (χ1) is 18.4. The molecule has 4 rings (SSSR count). The lowest BCUT2D eigenvalue weighted by Crippen LogP contribution is -2.40. The van der Waals surface area contributed by atoms with Crippen LogP contribution in [0.15, 0.2) is 85.1 Å². The normalized spacial score (nSPS) is 10.9. The average Bonchev–Trinajstić information content (AvgIpc) is 3.32. The molecule has 0 saturated carbocycles. The molecule has 0 radical (unpaired) electrons. The van der Waals surface area contributed by atoms with E-state index in [9.17, 15) is 9.59 Å². The number of hydrogen-bond acceptors (Lipinski definition) is 4. The van der Waals surface area contributed by atoms with Gasteiger partial charge in [0, 0.05) is 29.9 Å². The number of nitrogens with one attached hydrogen (secondary N) is 1. The van der Waals surface area contributed by atoms with E-state index in [0.29, 0.717) is 24.7 Å². The van der Waals surface area contributed by atoms with Gasteiger partial charge in [0.15, 0.2) is 0 Å². The van der Waals surface area contributed by atoms with Crippen molar-refractivity contribution >= 4 is 17.8 Å². The zero-order valence-corrected chi connectivity index (χ0v) is 22.3. The van der Waals surface area contributed by atoms with Crippen molar-refractivity contribution in [3.63, 3.8) is 0 Å². The minimum atomic E-state index is -0.319. The molecule has 0 saturated heterocycles. The van der Waals surface area contributed by atoms with Crippen LogP contribution in [-0.2, 0) is 4.79 Å². The van der Waals surface area contributed by atoms with Crippen LogP contribution in [0.5, 0.6) is 5.75 Å². The second-order valence-corrected chi connectivity index (χ2v) is 9.56. The van der Waals surface area contributed by atoms with Crippen molar-refractivity contribution in [3.05, 3.63) is 96.2 Å². The molecule has 0 aliphatic rings. The van der Waals surface area contributed by atoms with Crippen LogP contribution >= 0.6 is 0 Å². The van der Waals surface area contributed by atoms with Gasteiger partial charge in [0.25, 0.3) is 5.91 Å². The number of ether oxygens (including phenoxy) is 1. The molecule has 1 heterocycles. The molecule has 0 unspecified atom stereocenters. The molecular formula is C31H34N4O3. The van der Waals surface area contributed by atoms with Gasteiger partial charge in [-0.05, 0) is 43.5 Å². The number of hydrogen-bond donors (Lipinski definition) is 1. The predicted octanol–water partition coefficient (Wildman–Crippen LogP) is 5.98. The Balaban J connectivity index is 1.64. The summed E-state index contributed by atoms with van der Waals surface area (Å²) in [6, 6.07) is 24.9. The summed E-state index contributed by atoms with van der Waals surface area (Å²) >= 11 is 0. The number of imidazole rings is 1. The fourth-order valence-corrected chi connectivity index (χ4v) is 4.28. The SMILES string of the molecule is CCOc1cccc(-n2cc(-c3ccccc3)nc2NC(=O)CN(CC(C)C)C(=O)c2ccccc2C)c1. The number of rotatable bonds is 10. The van der Waals surface area contributed by atoms with Gasteiger partial charge in [-0.2, -0.15) is 0 Å². The van der Waals surface area contributed by atoms with E-state index in [1.165, 1.54) is 0 Å². The number of carbonyl (C=O) groups is 2. The molecule has 0 aliphatic heterocycles. The van der Waals surface area contributed by atoms with Gasteiger partial charge in [-0.15, -0.1) is 0 Å². The van der Waals surface area contributed by atoms with Crippen molar-refractivity contribution < 1.29 is 14.3 Å². The lowest BCUT2D eigenvalue weighted by Gasteiger charge is -2.25. The van der Waals surface area contributed by atoms with Crippen LogP contribution in [0, 0.1) is 12.8 Å². The molecule has 0 bridgehead atoms. The number of aryl methyl sites for hydroxylation is 1. The topological polar surface area (TPSA) is 76.5 Å². The van der Waals surface area contributed by atoms with Crippen molar-refractivity contribution in [3.8, 4) is 22.7 Å².